The molecule has 0 aromatic rings. The summed E-state index contributed by atoms with van der Waals surface area (Å²) < 4.78 is 73.5. The Balaban J connectivity index is 1.24. The number of ether oxygens (including phenoxy) is 10. The maximum Gasteiger partial charge on any atom is 0.334 e. The monoisotopic (exact) mass is 999 g/mol. The van der Waals surface area contributed by atoms with Gasteiger partial charge in [0.2, 0.25) is 0 Å². The van der Waals surface area contributed by atoms with E-state index in [-0.39, 0.29) is 83.9 Å². The number of allylic oxidation sites excluding steroid dienone is 8. The number of hydrogen-bond acceptors (Lipinski definition) is 12. The predicted octanol–water partition coefficient (Wildman–Crippen LogP) is 12.9. The fourth-order valence-electron chi connectivity index (χ4n) is 11.4. The largest absolute Gasteiger partial charge is 0.458 e. The number of fused-ring (bicyclic) bond motifs is 8. The summed E-state index contributed by atoms with van der Waals surface area (Å²) in [5.41, 5.74) is 0.560. The molecule has 0 unspecified atom stereocenters. The Morgan fingerprint density at radius 1 is 0.600 bits per heavy atom. The second-order valence-electron chi connectivity index (χ2n) is 24.6. The summed E-state index contributed by atoms with van der Waals surface area (Å²) in [5.74, 6) is -3.17. The van der Waals surface area contributed by atoms with Crippen LogP contribution in [0.15, 0.2) is 60.3 Å². The van der Waals surface area contributed by atoms with Crippen molar-refractivity contribution in [2.75, 3.05) is 0 Å². The van der Waals surface area contributed by atoms with E-state index in [1.165, 1.54) is 0 Å². The quantitative estimate of drug-likeness (QED) is 0.198. The highest BCUT2D eigenvalue weighted by Crippen LogP contribution is 2.46. The van der Waals surface area contributed by atoms with Crippen LogP contribution >= 0.6 is 0 Å². The molecule has 1 spiro atoms. The zero-order chi connectivity index (χ0) is 51.3. The van der Waals surface area contributed by atoms with Crippen LogP contribution < -0.4 is 0 Å². The Hall–Kier alpha value is -2.01. The molecule has 13 heteroatoms. The predicted molar refractivity (Wildman–Crippen MR) is 276 cm³/mol. The summed E-state index contributed by atoms with van der Waals surface area (Å²) >= 11 is 0. The first kappa shape index (κ1) is 57.3. The van der Waals surface area contributed by atoms with Gasteiger partial charge in [0.15, 0.2) is 37.8 Å². The molecule has 6 heterocycles. The third-order valence-electron chi connectivity index (χ3n) is 15.1. The highest BCUT2D eigenvalue weighted by molar-refractivity contribution is 6.74. The molecule has 6 rings (SSSR count). The molecule has 6 aliphatic heterocycles. The van der Waals surface area contributed by atoms with Gasteiger partial charge in [-0.2, -0.15) is 0 Å². The third kappa shape index (κ3) is 17.0. The van der Waals surface area contributed by atoms with E-state index < -0.39 is 37.8 Å². The van der Waals surface area contributed by atoms with Crippen molar-refractivity contribution in [3.63, 3.8) is 0 Å². The van der Waals surface area contributed by atoms with Gasteiger partial charge in [0, 0.05) is 56.9 Å². The number of rotatable bonds is 3. The smallest absolute Gasteiger partial charge is 0.334 e. The van der Waals surface area contributed by atoms with Gasteiger partial charge in [0.25, 0.3) is 0 Å². The molecular weight excluding hydrogens is 905 g/mol. The zero-order valence-corrected chi connectivity index (χ0v) is 47.1. The lowest BCUT2D eigenvalue weighted by atomic mass is 9.88. The molecule has 0 N–H and O–H groups in total. The number of esters is 1. The van der Waals surface area contributed by atoms with Crippen LogP contribution in [0.25, 0.3) is 0 Å². The van der Waals surface area contributed by atoms with E-state index in [2.05, 4.69) is 66.8 Å². The molecule has 0 amide bonds. The van der Waals surface area contributed by atoms with Crippen LogP contribution in [0.2, 0.25) is 18.1 Å². The number of carbonyl (C=O) groups excluding carboxylic acids is 1. The zero-order valence-electron chi connectivity index (χ0n) is 46.1. The van der Waals surface area contributed by atoms with Crippen LogP contribution in [0.5, 0.6) is 0 Å². The number of carbonyl (C=O) groups is 1. The Bertz CT molecular complexity index is 1860. The van der Waals surface area contributed by atoms with E-state index in [0.29, 0.717) is 37.7 Å². The van der Waals surface area contributed by atoms with Crippen LogP contribution in [0.1, 0.15) is 174 Å². The molecule has 398 valence electrons. The topological polar surface area (TPSA) is 119 Å². The molecule has 0 radical (unpaired) electrons. The summed E-state index contributed by atoms with van der Waals surface area (Å²) in [5, 5.41) is 0.0622. The molecule has 0 aliphatic carbocycles. The van der Waals surface area contributed by atoms with Gasteiger partial charge in [-0.1, -0.05) is 96.2 Å². The molecular formula is C57H94O12Si. The molecule has 9 bridgehead atoms. The molecule has 0 aromatic heterocycles. The lowest BCUT2D eigenvalue weighted by Gasteiger charge is -2.52. The molecule has 6 aliphatic rings. The SMILES string of the molecule is C\C1=C/C=C/C=C/C=C/C=C/C[C@@H]2C[C@H](O[Si](C)(C)C(C)(C)C)C[C@]3(C[C@@H](C[C@H]4C[C@@H](C[C@@H]5C[C@@H](C[C@@H]6C[C@H](CC[C@H](C)[C@H](C(C)C)OC1=O)OC(C)(C)O6)OC(C)(C)O5)OC(C)(C)O4)O[C@@H](C)O3)O2. The van der Waals surface area contributed by atoms with Gasteiger partial charge in [-0.25, -0.2) is 4.79 Å². The van der Waals surface area contributed by atoms with E-state index >= 15 is 0 Å². The Kier molecular flexibility index (Phi) is 19.4. The minimum atomic E-state index is -2.11. The molecule has 5 fully saturated rings. The van der Waals surface area contributed by atoms with Crippen LogP contribution in [0.3, 0.4) is 0 Å². The second-order valence-corrected chi connectivity index (χ2v) is 29.4. The summed E-state index contributed by atoms with van der Waals surface area (Å²) in [6, 6.07) is 0. The van der Waals surface area contributed by atoms with Gasteiger partial charge in [-0.15, -0.1) is 0 Å². The van der Waals surface area contributed by atoms with E-state index in [9.17, 15) is 4.79 Å². The number of cyclic esters (lactones) is 1. The first-order chi connectivity index (χ1) is 32.6. The van der Waals surface area contributed by atoms with Crippen molar-refractivity contribution in [3.8, 4) is 0 Å². The van der Waals surface area contributed by atoms with Crippen LogP contribution in [-0.2, 0) is 56.6 Å². The lowest BCUT2D eigenvalue weighted by molar-refractivity contribution is -0.390. The highest BCUT2D eigenvalue weighted by atomic mass is 28.4. The fourth-order valence-corrected chi connectivity index (χ4v) is 12.8. The van der Waals surface area contributed by atoms with Crippen molar-refractivity contribution < 1.29 is 56.6 Å². The maximum absolute atomic E-state index is 13.4. The van der Waals surface area contributed by atoms with Gasteiger partial charge < -0.3 is 51.8 Å². The van der Waals surface area contributed by atoms with Crippen LogP contribution in [-0.4, -0.2) is 105 Å². The number of hydrogen-bond donors (Lipinski definition) is 0. The Morgan fingerprint density at radius 2 is 1.07 bits per heavy atom. The summed E-state index contributed by atoms with van der Waals surface area (Å²) in [6.07, 6.45) is 25.2. The molecule has 13 atom stereocenters. The first-order valence-corrected chi connectivity index (χ1v) is 29.8. The van der Waals surface area contributed by atoms with Gasteiger partial charge in [-0.05, 0) is 111 Å². The molecule has 0 aromatic carbocycles. The molecule has 0 saturated carbocycles. The van der Waals surface area contributed by atoms with E-state index in [1.807, 2.05) is 97.9 Å². The Morgan fingerprint density at radius 3 is 1.59 bits per heavy atom. The van der Waals surface area contributed by atoms with E-state index in [4.69, 9.17) is 51.8 Å². The van der Waals surface area contributed by atoms with Crippen molar-refractivity contribution in [1.82, 2.24) is 0 Å². The van der Waals surface area contributed by atoms with Crippen molar-refractivity contribution in [1.29, 1.82) is 0 Å². The average molecular weight is 999 g/mol. The molecule has 70 heavy (non-hydrogen) atoms. The van der Waals surface area contributed by atoms with Crippen molar-refractivity contribution in [2.45, 2.75) is 283 Å². The van der Waals surface area contributed by atoms with Gasteiger partial charge in [-0.3, -0.25) is 0 Å². The normalized spacial score (nSPS) is 41.1. The van der Waals surface area contributed by atoms with Crippen molar-refractivity contribution in [2.24, 2.45) is 11.8 Å². The van der Waals surface area contributed by atoms with Crippen molar-refractivity contribution >= 4 is 14.3 Å². The summed E-state index contributed by atoms with van der Waals surface area (Å²) in [6.45, 7) is 33.8. The van der Waals surface area contributed by atoms with Crippen LogP contribution in [0, 0.1) is 11.8 Å². The standard InChI is InChI=1S/C57H94O12Si/c1-38(2)51-39(3)27-28-43-29-44(63-54(9,10)62-43)31-45-32-46(65-55(11,12)64-45)33-47-34-48(67-56(13,14)66-47)35-49-36-57(61-41(5)59-49)37-50(69-70(15,16)53(6,7)8)30-42(68-57)26-24-22-20-18-17-19-21-23-25-40(4)52(58)60-51/h17-25,38-39,41-51H,26-37H2,1-16H3/b19-17+,20-18+,23-21+,24-22+,40-25+/t39-,41+,42+,43-,44-,45+,46-,47+,48+,49+,50-,51-,57-/m0/s1. The minimum Gasteiger partial charge on any atom is -0.458 e. The van der Waals surface area contributed by atoms with Gasteiger partial charge in [0.05, 0.1) is 54.9 Å². The third-order valence-corrected chi connectivity index (χ3v) is 19.7. The Labute approximate surface area is 424 Å². The maximum atomic E-state index is 13.4. The average Bonchev–Trinajstić information content (AvgIpc) is 3.19. The second kappa shape index (κ2) is 23.7. The van der Waals surface area contributed by atoms with Gasteiger partial charge >= 0.3 is 5.97 Å². The van der Waals surface area contributed by atoms with Gasteiger partial charge in [0.1, 0.15) is 6.10 Å². The molecule has 5 saturated heterocycles. The first-order valence-electron chi connectivity index (χ1n) is 26.9. The highest BCUT2D eigenvalue weighted by Gasteiger charge is 2.52. The van der Waals surface area contributed by atoms with Crippen LogP contribution in [0.4, 0.5) is 0 Å². The summed E-state index contributed by atoms with van der Waals surface area (Å²) in [4.78, 5) is 13.4. The van der Waals surface area contributed by atoms with Crippen molar-refractivity contribution in [3.05, 3.63) is 60.3 Å². The fraction of sp³-hybridized carbons (Fsp3) is 0.807. The van der Waals surface area contributed by atoms with E-state index in [0.717, 1.165) is 44.9 Å². The van der Waals surface area contributed by atoms with E-state index in [1.54, 1.807) is 0 Å². The summed E-state index contributed by atoms with van der Waals surface area (Å²) in [7, 11) is -2.11. The lowest BCUT2D eigenvalue weighted by Crippen LogP contribution is -2.58. The molecule has 12 nitrogen and oxygen atoms in total. The minimum absolute atomic E-state index is 0.00703.